The number of hydrogen-bond acceptors (Lipinski definition) is 5. The lowest BCUT2D eigenvalue weighted by Crippen LogP contribution is -1.97. The van der Waals surface area contributed by atoms with E-state index >= 15 is 0 Å². The molecule has 0 amide bonds. The maximum atomic E-state index is 11.7. The van der Waals surface area contributed by atoms with E-state index in [4.69, 9.17) is 4.42 Å². The molecule has 27 heavy (non-hydrogen) atoms. The summed E-state index contributed by atoms with van der Waals surface area (Å²) in [5, 5.41) is 24.7. The third-order valence-corrected chi connectivity index (χ3v) is 5.32. The lowest BCUT2D eigenvalue weighted by Gasteiger charge is -2.07. The second-order valence-corrected chi connectivity index (χ2v) is 7.50. The van der Waals surface area contributed by atoms with Gasteiger partial charge >= 0.3 is 0 Å². The van der Waals surface area contributed by atoms with Crippen molar-refractivity contribution in [3.05, 3.63) is 77.7 Å². The average Bonchev–Trinajstić information content (AvgIpc) is 3.01. The third kappa shape index (κ3) is 2.79. The second kappa shape index (κ2) is 6.43. The van der Waals surface area contributed by atoms with Crippen LogP contribution in [0.5, 0.6) is 0 Å². The predicted molar refractivity (Wildman–Crippen MR) is 108 cm³/mol. The highest BCUT2D eigenvalue weighted by molar-refractivity contribution is 9.11. The van der Waals surface area contributed by atoms with Crippen molar-refractivity contribution < 1.29 is 14.3 Å². The normalized spacial score (nSPS) is 11.2. The summed E-state index contributed by atoms with van der Waals surface area (Å²) in [6, 6.07) is 12.9. The van der Waals surface area contributed by atoms with E-state index < -0.39 is 9.85 Å². The number of para-hydroxylation sites is 1. The highest BCUT2D eigenvalue weighted by atomic mass is 79.9. The number of hydrogen-bond donors (Lipinski definition) is 0. The monoisotopic (exact) mass is 490 g/mol. The van der Waals surface area contributed by atoms with Gasteiger partial charge in [-0.25, -0.2) is 0 Å². The van der Waals surface area contributed by atoms with Crippen LogP contribution in [0.4, 0.5) is 11.4 Å². The topological polar surface area (TPSA) is 99.4 Å². The van der Waals surface area contributed by atoms with Crippen LogP contribution >= 0.6 is 31.9 Å². The molecular weight excluding hydrogens is 484 g/mol. The van der Waals surface area contributed by atoms with E-state index in [0.29, 0.717) is 19.9 Å². The highest BCUT2D eigenvalue weighted by Crippen LogP contribution is 2.47. The van der Waals surface area contributed by atoms with Crippen LogP contribution in [0, 0.1) is 20.2 Å². The molecule has 0 bridgehead atoms. The van der Waals surface area contributed by atoms with Gasteiger partial charge in [0.25, 0.3) is 11.4 Å². The first-order valence-electron chi connectivity index (χ1n) is 7.61. The molecule has 0 unspecified atom stereocenters. The summed E-state index contributed by atoms with van der Waals surface area (Å²) in [5.74, 6) is 0. The van der Waals surface area contributed by atoms with Gasteiger partial charge in [0.05, 0.1) is 15.4 Å². The Balaban J connectivity index is 2.23. The largest absolute Gasteiger partial charge is 0.455 e. The van der Waals surface area contributed by atoms with Gasteiger partial charge in [0, 0.05) is 31.9 Å². The number of fused-ring (bicyclic) bond motifs is 3. The summed E-state index contributed by atoms with van der Waals surface area (Å²) in [5.41, 5.74) is 0.424. The Kier molecular flexibility index (Phi) is 4.20. The molecule has 1 heterocycles. The number of halogens is 2. The van der Waals surface area contributed by atoms with E-state index in [2.05, 4.69) is 31.9 Å². The van der Waals surface area contributed by atoms with Gasteiger partial charge in [-0.3, -0.25) is 20.2 Å². The lowest BCUT2D eigenvalue weighted by atomic mass is 9.99. The standard InChI is InChI=1S/C18H8Br2N2O5/c19-9-5-6-10(13(7-9)21(23)24)17-14(22(25)26)8-12(20)16-11-3-1-2-4-15(11)27-18(16)17/h1-8H. The van der Waals surface area contributed by atoms with Crippen molar-refractivity contribution in [2.24, 2.45) is 0 Å². The summed E-state index contributed by atoms with van der Waals surface area (Å²) in [4.78, 5) is 22.2. The van der Waals surface area contributed by atoms with Crippen LogP contribution in [-0.4, -0.2) is 9.85 Å². The molecule has 0 saturated heterocycles. The minimum Gasteiger partial charge on any atom is -0.455 e. The molecule has 0 fully saturated rings. The number of rotatable bonds is 3. The Morgan fingerprint density at radius 3 is 2.30 bits per heavy atom. The molecule has 0 saturated carbocycles. The first-order chi connectivity index (χ1) is 12.9. The molecule has 3 aromatic carbocycles. The van der Waals surface area contributed by atoms with Gasteiger partial charge in [0.2, 0.25) is 0 Å². The molecule has 7 nitrogen and oxygen atoms in total. The van der Waals surface area contributed by atoms with Crippen molar-refractivity contribution in [1.29, 1.82) is 0 Å². The summed E-state index contributed by atoms with van der Waals surface area (Å²) in [6.07, 6.45) is 0. The fraction of sp³-hybridized carbons (Fsp3) is 0. The fourth-order valence-corrected chi connectivity index (χ4v) is 4.07. The summed E-state index contributed by atoms with van der Waals surface area (Å²) >= 11 is 6.58. The summed E-state index contributed by atoms with van der Waals surface area (Å²) < 4.78 is 6.89. The molecule has 0 spiro atoms. The number of furan rings is 1. The van der Waals surface area contributed by atoms with Gasteiger partial charge < -0.3 is 4.42 Å². The van der Waals surface area contributed by atoms with Crippen molar-refractivity contribution in [1.82, 2.24) is 0 Å². The molecule has 0 N–H and O–H groups in total. The van der Waals surface area contributed by atoms with Gasteiger partial charge in [-0.05, 0) is 34.1 Å². The fourth-order valence-electron chi connectivity index (χ4n) is 3.11. The van der Waals surface area contributed by atoms with Crippen LogP contribution < -0.4 is 0 Å². The molecule has 134 valence electrons. The quantitative estimate of drug-likeness (QED) is 0.237. The molecule has 0 atom stereocenters. The number of nitro benzene ring substituents is 2. The third-order valence-electron chi connectivity index (χ3n) is 4.20. The molecule has 9 heteroatoms. The van der Waals surface area contributed by atoms with E-state index in [1.165, 1.54) is 18.2 Å². The lowest BCUT2D eigenvalue weighted by molar-refractivity contribution is -0.386. The minimum atomic E-state index is -0.571. The number of nitrogens with zero attached hydrogens (tertiary/aromatic N) is 2. The molecule has 0 aliphatic rings. The van der Waals surface area contributed by atoms with E-state index in [9.17, 15) is 20.2 Å². The van der Waals surface area contributed by atoms with Crippen molar-refractivity contribution >= 4 is 65.2 Å². The molecule has 0 aliphatic carbocycles. The average molecular weight is 492 g/mol. The smallest absolute Gasteiger partial charge is 0.282 e. The number of benzene rings is 3. The van der Waals surface area contributed by atoms with Crippen LogP contribution in [0.1, 0.15) is 0 Å². The molecule has 4 aromatic rings. The molecule has 0 aliphatic heterocycles. The van der Waals surface area contributed by atoms with Gasteiger partial charge in [-0.2, -0.15) is 0 Å². The Bertz CT molecular complexity index is 1270. The number of nitro groups is 2. The first-order valence-corrected chi connectivity index (χ1v) is 9.19. The Morgan fingerprint density at radius 2 is 1.59 bits per heavy atom. The SMILES string of the molecule is O=[N+]([O-])c1cc(Br)ccc1-c1c([N+](=O)[O-])cc(Br)c2c1oc1ccccc12. The zero-order valence-electron chi connectivity index (χ0n) is 13.3. The van der Waals surface area contributed by atoms with Crippen LogP contribution in [-0.2, 0) is 0 Å². The first kappa shape index (κ1) is 17.6. The highest BCUT2D eigenvalue weighted by Gasteiger charge is 2.30. The van der Waals surface area contributed by atoms with Gasteiger partial charge in [-0.15, -0.1) is 0 Å². The van der Waals surface area contributed by atoms with Crippen LogP contribution in [0.3, 0.4) is 0 Å². The van der Waals surface area contributed by atoms with Crippen molar-refractivity contribution in [3.8, 4) is 11.1 Å². The van der Waals surface area contributed by atoms with Crippen LogP contribution in [0.25, 0.3) is 33.1 Å². The van der Waals surface area contributed by atoms with Gasteiger partial charge in [0.15, 0.2) is 5.58 Å². The van der Waals surface area contributed by atoms with E-state index in [-0.39, 0.29) is 28.1 Å². The zero-order valence-corrected chi connectivity index (χ0v) is 16.5. The Labute approximate surface area is 168 Å². The molecule has 4 rings (SSSR count). The second-order valence-electron chi connectivity index (χ2n) is 5.73. The Hall–Kier alpha value is -2.78. The maximum absolute atomic E-state index is 11.7. The minimum absolute atomic E-state index is 0.0774. The maximum Gasteiger partial charge on any atom is 0.282 e. The zero-order chi connectivity index (χ0) is 19.3. The predicted octanol–water partition coefficient (Wildman–Crippen LogP) is 6.59. The van der Waals surface area contributed by atoms with Crippen molar-refractivity contribution in [3.63, 3.8) is 0 Å². The van der Waals surface area contributed by atoms with E-state index in [0.717, 1.165) is 5.39 Å². The Morgan fingerprint density at radius 1 is 0.889 bits per heavy atom. The van der Waals surface area contributed by atoms with E-state index in [1.807, 2.05) is 12.1 Å². The van der Waals surface area contributed by atoms with Gasteiger partial charge in [-0.1, -0.05) is 34.1 Å². The van der Waals surface area contributed by atoms with Crippen molar-refractivity contribution in [2.45, 2.75) is 0 Å². The molecule has 1 aromatic heterocycles. The van der Waals surface area contributed by atoms with Crippen LogP contribution in [0.2, 0.25) is 0 Å². The molecule has 0 radical (unpaired) electrons. The van der Waals surface area contributed by atoms with Crippen molar-refractivity contribution in [2.75, 3.05) is 0 Å². The van der Waals surface area contributed by atoms with E-state index in [1.54, 1.807) is 18.2 Å². The van der Waals surface area contributed by atoms with Crippen LogP contribution in [0.15, 0.2) is 61.9 Å². The molecular formula is C18H8Br2N2O5. The summed E-state index contributed by atoms with van der Waals surface area (Å²) in [6.45, 7) is 0. The summed E-state index contributed by atoms with van der Waals surface area (Å²) in [7, 11) is 0. The van der Waals surface area contributed by atoms with Gasteiger partial charge in [0.1, 0.15) is 11.1 Å².